The van der Waals surface area contributed by atoms with Gasteiger partial charge < -0.3 is 17.0 Å². The molecule has 0 unspecified atom stereocenters. The molecule has 0 aromatic heterocycles. The second kappa shape index (κ2) is 9.32. The van der Waals surface area contributed by atoms with E-state index >= 15 is 0 Å². The summed E-state index contributed by atoms with van der Waals surface area (Å²) in [6.45, 7) is 2.26. The molecule has 96 valence electrons. The standard InChI is InChI=1S/C15H20F.BrH.Mg/c1-2-4-12-7-9-13(10-8-12)14-5-3-6-15(16)11-14;;/h3,5,11-13H,2,4,7-10H2,1H3;1H;/q-1;;+2/p-1. The van der Waals surface area contributed by atoms with Crippen molar-refractivity contribution in [3.8, 4) is 0 Å². The minimum atomic E-state index is -0.215. The Labute approximate surface area is 137 Å². The van der Waals surface area contributed by atoms with Gasteiger partial charge in [0.2, 0.25) is 0 Å². The molecule has 1 aromatic rings. The third-order valence-corrected chi connectivity index (χ3v) is 3.81. The van der Waals surface area contributed by atoms with Crippen LogP contribution in [-0.2, 0) is 0 Å². The number of benzene rings is 1. The Kier molecular flexibility index (Phi) is 9.53. The summed E-state index contributed by atoms with van der Waals surface area (Å²) in [5.74, 6) is 1.28. The zero-order valence-corrected chi connectivity index (χ0v) is 14.1. The number of hydrogen-bond acceptors (Lipinski definition) is 0. The molecule has 0 spiro atoms. The quantitative estimate of drug-likeness (QED) is 0.581. The maximum atomic E-state index is 13.1. The summed E-state index contributed by atoms with van der Waals surface area (Å²) in [7, 11) is 0. The first-order chi connectivity index (χ1) is 7.79. The molecule has 0 bridgehead atoms. The van der Waals surface area contributed by atoms with Gasteiger partial charge in [0.15, 0.2) is 0 Å². The zero-order valence-electron chi connectivity index (χ0n) is 11.1. The average Bonchev–Trinajstić information content (AvgIpc) is 2.30. The van der Waals surface area contributed by atoms with Crippen molar-refractivity contribution in [1.29, 1.82) is 0 Å². The summed E-state index contributed by atoms with van der Waals surface area (Å²) in [4.78, 5) is 0. The molecule has 1 aliphatic rings. The van der Waals surface area contributed by atoms with Gasteiger partial charge in [-0.2, -0.15) is 17.7 Å². The van der Waals surface area contributed by atoms with E-state index in [9.17, 15) is 4.39 Å². The normalized spacial score (nSPS) is 22.8. The van der Waals surface area contributed by atoms with Gasteiger partial charge in [0.05, 0.1) is 0 Å². The number of hydrogen-bond donors (Lipinski definition) is 0. The van der Waals surface area contributed by atoms with Crippen molar-refractivity contribution in [2.75, 3.05) is 0 Å². The van der Waals surface area contributed by atoms with Crippen LogP contribution in [0, 0.1) is 17.8 Å². The van der Waals surface area contributed by atoms with E-state index in [0.717, 1.165) is 5.92 Å². The Morgan fingerprint density at radius 2 is 1.94 bits per heavy atom. The van der Waals surface area contributed by atoms with Crippen LogP contribution in [0.1, 0.15) is 56.9 Å². The van der Waals surface area contributed by atoms with Crippen LogP contribution < -0.4 is 17.0 Å². The van der Waals surface area contributed by atoms with Gasteiger partial charge in [0.25, 0.3) is 0 Å². The van der Waals surface area contributed by atoms with E-state index in [-0.39, 0.29) is 45.9 Å². The van der Waals surface area contributed by atoms with Crippen molar-refractivity contribution in [2.24, 2.45) is 5.92 Å². The van der Waals surface area contributed by atoms with Gasteiger partial charge in [0, 0.05) is 5.82 Å². The van der Waals surface area contributed by atoms with E-state index in [2.05, 4.69) is 13.0 Å². The van der Waals surface area contributed by atoms with E-state index in [1.54, 1.807) is 12.1 Å². The molecule has 0 aliphatic heterocycles. The second-order valence-electron chi connectivity index (χ2n) is 4.98. The van der Waals surface area contributed by atoms with Gasteiger partial charge in [-0.1, -0.05) is 19.8 Å². The van der Waals surface area contributed by atoms with Gasteiger partial charge in [-0.3, -0.25) is 0 Å². The summed E-state index contributed by atoms with van der Waals surface area (Å²) < 4.78 is 13.1. The van der Waals surface area contributed by atoms with Crippen LogP contribution >= 0.6 is 0 Å². The first kappa shape index (κ1) is 18.4. The predicted octanol–water partition coefficient (Wildman–Crippen LogP) is 1.32. The molecular weight excluding hydrogens is 303 g/mol. The van der Waals surface area contributed by atoms with Crippen LogP contribution in [0.4, 0.5) is 4.39 Å². The van der Waals surface area contributed by atoms with E-state index in [4.69, 9.17) is 0 Å². The molecule has 1 aliphatic carbocycles. The molecule has 1 fully saturated rings. The molecule has 0 radical (unpaired) electrons. The molecule has 0 nitrogen and oxygen atoms in total. The topological polar surface area (TPSA) is 0 Å². The van der Waals surface area contributed by atoms with Crippen LogP contribution in [0.15, 0.2) is 18.2 Å². The van der Waals surface area contributed by atoms with Crippen LogP contribution in [0.25, 0.3) is 0 Å². The molecule has 1 aromatic carbocycles. The van der Waals surface area contributed by atoms with Gasteiger partial charge in [-0.25, -0.2) is 4.39 Å². The van der Waals surface area contributed by atoms with Crippen molar-refractivity contribution in [3.05, 3.63) is 35.6 Å². The summed E-state index contributed by atoms with van der Waals surface area (Å²) in [5.41, 5.74) is 1.17. The molecule has 0 saturated heterocycles. The summed E-state index contributed by atoms with van der Waals surface area (Å²) in [6, 6.07) is 7.96. The predicted molar refractivity (Wildman–Crippen MR) is 70.6 cm³/mol. The molecule has 2 rings (SSSR count). The van der Waals surface area contributed by atoms with E-state index in [1.165, 1.54) is 44.1 Å². The van der Waals surface area contributed by atoms with Crippen molar-refractivity contribution >= 4 is 23.1 Å². The first-order valence-electron chi connectivity index (χ1n) is 6.46. The van der Waals surface area contributed by atoms with Crippen LogP contribution in [0.5, 0.6) is 0 Å². The van der Waals surface area contributed by atoms with Gasteiger partial charge in [-0.15, -0.1) is 12.1 Å². The number of rotatable bonds is 3. The second-order valence-corrected chi connectivity index (χ2v) is 4.98. The molecular formula is C15H20BrFMg. The van der Waals surface area contributed by atoms with E-state index < -0.39 is 0 Å². The first-order valence-corrected chi connectivity index (χ1v) is 6.46. The maximum absolute atomic E-state index is 13.1. The van der Waals surface area contributed by atoms with Gasteiger partial charge >= 0.3 is 23.1 Å². The Morgan fingerprint density at radius 1 is 1.28 bits per heavy atom. The molecule has 0 atom stereocenters. The smallest absolute Gasteiger partial charge is 1.00 e. The summed E-state index contributed by atoms with van der Waals surface area (Å²) in [6.07, 6.45) is 7.76. The van der Waals surface area contributed by atoms with Gasteiger partial charge in [0.1, 0.15) is 0 Å². The monoisotopic (exact) mass is 322 g/mol. The van der Waals surface area contributed by atoms with Crippen LogP contribution in [0.3, 0.4) is 0 Å². The average molecular weight is 324 g/mol. The largest absolute Gasteiger partial charge is 2.00 e. The number of halogens is 2. The van der Waals surface area contributed by atoms with E-state index in [0.29, 0.717) is 5.92 Å². The van der Waals surface area contributed by atoms with Crippen molar-refractivity contribution in [1.82, 2.24) is 0 Å². The van der Waals surface area contributed by atoms with Crippen molar-refractivity contribution in [3.63, 3.8) is 0 Å². The molecule has 0 amide bonds. The third-order valence-electron chi connectivity index (χ3n) is 3.81. The van der Waals surface area contributed by atoms with Gasteiger partial charge in [-0.05, 0) is 37.5 Å². The fourth-order valence-electron chi connectivity index (χ4n) is 2.90. The minimum Gasteiger partial charge on any atom is -1.00 e. The zero-order chi connectivity index (χ0) is 11.4. The summed E-state index contributed by atoms with van der Waals surface area (Å²) in [5, 5.41) is 0. The Hall–Kier alpha value is 0.396. The Bertz CT molecular complexity index is 335. The SMILES string of the molecule is CCCC1CCC(c2cc[c-]c(F)c2)CC1.[Br-].[Mg+2]. The molecule has 0 N–H and O–H groups in total. The Morgan fingerprint density at radius 3 is 2.50 bits per heavy atom. The molecule has 18 heavy (non-hydrogen) atoms. The molecule has 0 heterocycles. The summed E-state index contributed by atoms with van der Waals surface area (Å²) >= 11 is 0. The molecule has 1 saturated carbocycles. The third kappa shape index (κ3) is 5.18. The van der Waals surface area contributed by atoms with Crippen LogP contribution in [-0.4, -0.2) is 23.1 Å². The maximum Gasteiger partial charge on any atom is 2.00 e. The van der Waals surface area contributed by atoms with Crippen LogP contribution in [0.2, 0.25) is 0 Å². The van der Waals surface area contributed by atoms with Crippen molar-refractivity contribution in [2.45, 2.75) is 51.4 Å². The van der Waals surface area contributed by atoms with Crippen molar-refractivity contribution < 1.29 is 21.4 Å². The molecule has 3 heteroatoms. The minimum absolute atomic E-state index is 0. The Balaban J connectivity index is 0.00000144. The fraction of sp³-hybridized carbons (Fsp3) is 0.600. The van der Waals surface area contributed by atoms with E-state index in [1.807, 2.05) is 6.07 Å². The fourth-order valence-corrected chi connectivity index (χ4v) is 2.90.